The Labute approximate surface area is 99.6 Å². The molecule has 0 aromatic carbocycles. The number of hydrogen-bond donors (Lipinski definition) is 2. The predicted molar refractivity (Wildman–Crippen MR) is 62.7 cm³/mol. The summed E-state index contributed by atoms with van der Waals surface area (Å²) in [6.07, 6.45) is 3.56. The Morgan fingerprint density at radius 2 is 2.18 bits per heavy atom. The smallest absolute Gasteiger partial charge is 0.269 e. The fourth-order valence-electron chi connectivity index (χ4n) is 1.44. The maximum atomic E-state index is 11.8. The number of carbonyl (C=O) groups excluding carboxylic acids is 2. The van der Waals surface area contributed by atoms with Gasteiger partial charge in [-0.25, -0.2) is 0 Å². The minimum absolute atomic E-state index is 0.138. The predicted octanol–water partition coefficient (Wildman–Crippen LogP) is 0.724. The lowest BCUT2D eigenvalue weighted by Gasteiger charge is -2.05. The van der Waals surface area contributed by atoms with E-state index in [2.05, 4.69) is 15.6 Å². The quantitative estimate of drug-likeness (QED) is 0.805. The number of nitrogens with one attached hydrogen (secondary N) is 2. The van der Waals surface area contributed by atoms with Gasteiger partial charge in [0.2, 0.25) is 0 Å². The van der Waals surface area contributed by atoms with E-state index in [-0.39, 0.29) is 17.5 Å². The topological polar surface area (TPSA) is 71.1 Å². The Morgan fingerprint density at radius 3 is 2.82 bits per heavy atom. The van der Waals surface area contributed by atoms with Crippen LogP contribution < -0.4 is 10.6 Å². The minimum Gasteiger partial charge on any atom is -0.351 e. The molecule has 0 spiro atoms. The summed E-state index contributed by atoms with van der Waals surface area (Å²) in [4.78, 5) is 27.2. The molecule has 1 aromatic heterocycles. The van der Waals surface area contributed by atoms with Gasteiger partial charge in [-0.1, -0.05) is 0 Å². The summed E-state index contributed by atoms with van der Waals surface area (Å²) in [6.45, 7) is 2.38. The molecule has 5 heteroatoms. The molecule has 0 bridgehead atoms. The molecule has 5 nitrogen and oxygen atoms in total. The molecular formula is C12H15N3O2. The summed E-state index contributed by atoms with van der Waals surface area (Å²) >= 11 is 0. The standard InChI is InChI=1S/C12H15N3O2/c1-2-13-12(17)10-7-8(5-6-14-10)11(16)15-9-3-4-9/h5-7,9H,2-4H2,1H3,(H,13,17)(H,15,16). The van der Waals surface area contributed by atoms with Gasteiger partial charge in [0.25, 0.3) is 11.8 Å². The molecule has 0 atom stereocenters. The highest BCUT2D eigenvalue weighted by molar-refractivity contribution is 5.98. The third-order valence-corrected chi connectivity index (χ3v) is 2.50. The van der Waals surface area contributed by atoms with Crippen LogP contribution >= 0.6 is 0 Å². The van der Waals surface area contributed by atoms with Crippen LogP contribution in [-0.4, -0.2) is 29.4 Å². The molecule has 2 N–H and O–H groups in total. The second kappa shape index (κ2) is 4.95. The Kier molecular flexibility index (Phi) is 3.37. The molecule has 1 saturated carbocycles. The van der Waals surface area contributed by atoms with Crippen LogP contribution in [0.4, 0.5) is 0 Å². The van der Waals surface area contributed by atoms with Gasteiger partial charge in [0.15, 0.2) is 0 Å². The van der Waals surface area contributed by atoms with E-state index in [9.17, 15) is 9.59 Å². The normalized spacial score (nSPS) is 14.2. The molecule has 1 aliphatic rings. The number of pyridine rings is 1. The van der Waals surface area contributed by atoms with Crippen molar-refractivity contribution in [1.29, 1.82) is 0 Å². The van der Waals surface area contributed by atoms with Gasteiger partial charge in [-0.15, -0.1) is 0 Å². The molecule has 1 aromatic rings. The monoisotopic (exact) mass is 233 g/mol. The zero-order chi connectivity index (χ0) is 12.3. The van der Waals surface area contributed by atoms with Crippen LogP contribution in [0.1, 0.15) is 40.6 Å². The molecule has 0 aliphatic heterocycles. The average Bonchev–Trinajstić information content (AvgIpc) is 3.13. The van der Waals surface area contributed by atoms with Gasteiger partial charge in [0, 0.05) is 24.3 Å². The van der Waals surface area contributed by atoms with Gasteiger partial charge >= 0.3 is 0 Å². The second-order valence-corrected chi connectivity index (χ2v) is 4.04. The summed E-state index contributed by atoms with van der Waals surface area (Å²) in [5.74, 6) is -0.394. The van der Waals surface area contributed by atoms with Crippen LogP contribution in [0.25, 0.3) is 0 Å². The molecule has 0 unspecified atom stereocenters. The number of aromatic nitrogens is 1. The van der Waals surface area contributed by atoms with Gasteiger partial charge in [0.1, 0.15) is 5.69 Å². The first-order valence-electron chi connectivity index (χ1n) is 5.76. The van der Waals surface area contributed by atoms with Crippen molar-refractivity contribution >= 4 is 11.8 Å². The van der Waals surface area contributed by atoms with Crippen molar-refractivity contribution in [3.8, 4) is 0 Å². The zero-order valence-electron chi connectivity index (χ0n) is 9.69. The van der Waals surface area contributed by atoms with E-state index in [1.807, 2.05) is 6.92 Å². The minimum atomic E-state index is -0.256. The Hall–Kier alpha value is -1.91. The van der Waals surface area contributed by atoms with E-state index in [4.69, 9.17) is 0 Å². The highest BCUT2D eigenvalue weighted by Gasteiger charge is 2.24. The van der Waals surface area contributed by atoms with Gasteiger partial charge in [-0.05, 0) is 31.9 Å². The zero-order valence-corrected chi connectivity index (χ0v) is 9.69. The molecular weight excluding hydrogens is 218 g/mol. The Morgan fingerprint density at radius 1 is 1.41 bits per heavy atom. The molecule has 17 heavy (non-hydrogen) atoms. The maximum Gasteiger partial charge on any atom is 0.269 e. The Balaban J connectivity index is 2.09. The van der Waals surface area contributed by atoms with Gasteiger partial charge in [-0.2, -0.15) is 0 Å². The molecule has 1 heterocycles. The molecule has 1 fully saturated rings. The molecule has 90 valence electrons. The fraction of sp³-hybridized carbons (Fsp3) is 0.417. The van der Waals surface area contributed by atoms with Crippen molar-refractivity contribution in [3.05, 3.63) is 29.6 Å². The van der Waals surface area contributed by atoms with Crippen molar-refractivity contribution < 1.29 is 9.59 Å². The molecule has 2 rings (SSSR count). The van der Waals surface area contributed by atoms with E-state index >= 15 is 0 Å². The lowest BCUT2D eigenvalue weighted by Crippen LogP contribution is -2.27. The van der Waals surface area contributed by atoms with Gasteiger partial charge < -0.3 is 10.6 Å². The maximum absolute atomic E-state index is 11.8. The van der Waals surface area contributed by atoms with Crippen molar-refractivity contribution in [3.63, 3.8) is 0 Å². The van der Waals surface area contributed by atoms with Crippen LogP contribution in [0, 0.1) is 0 Å². The average molecular weight is 233 g/mol. The molecule has 2 amide bonds. The van der Waals surface area contributed by atoms with E-state index in [1.165, 1.54) is 12.3 Å². The molecule has 0 radical (unpaired) electrons. The first-order valence-corrected chi connectivity index (χ1v) is 5.76. The fourth-order valence-corrected chi connectivity index (χ4v) is 1.44. The summed E-state index contributed by atoms with van der Waals surface area (Å²) in [5.41, 5.74) is 0.753. The van der Waals surface area contributed by atoms with Crippen LogP contribution in [0.5, 0.6) is 0 Å². The van der Waals surface area contributed by atoms with Crippen molar-refractivity contribution in [2.24, 2.45) is 0 Å². The number of carbonyl (C=O) groups is 2. The Bertz CT molecular complexity index is 441. The van der Waals surface area contributed by atoms with Crippen molar-refractivity contribution in [1.82, 2.24) is 15.6 Å². The summed E-state index contributed by atoms with van der Waals surface area (Å²) < 4.78 is 0. The lowest BCUT2D eigenvalue weighted by atomic mass is 10.2. The summed E-state index contributed by atoms with van der Waals surface area (Å²) in [5, 5.41) is 5.52. The number of nitrogens with zero attached hydrogens (tertiary/aromatic N) is 1. The first-order chi connectivity index (χ1) is 8.20. The third kappa shape index (κ3) is 3.03. The van der Waals surface area contributed by atoms with Crippen LogP contribution in [-0.2, 0) is 0 Å². The lowest BCUT2D eigenvalue weighted by molar-refractivity contribution is 0.0950. The van der Waals surface area contributed by atoms with E-state index in [0.29, 0.717) is 18.2 Å². The van der Waals surface area contributed by atoms with E-state index in [0.717, 1.165) is 12.8 Å². The van der Waals surface area contributed by atoms with Crippen LogP contribution in [0.2, 0.25) is 0 Å². The molecule has 1 aliphatic carbocycles. The summed E-state index contributed by atoms with van der Waals surface area (Å²) in [7, 11) is 0. The number of rotatable bonds is 4. The highest BCUT2D eigenvalue weighted by Crippen LogP contribution is 2.19. The van der Waals surface area contributed by atoms with Gasteiger partial charge in [-0.3, -0.25) is 14.6 Å². The molecule has 0 saturated heterocycles. The summed E-state index contributed by atoms with van der Waals surface area (Å²) in [6, 6.07) is 3.44. The van der Waals surface area contributed by atoms with E-state index < -0.39 is 0 Å². The van der Waals surface area contributed by atoms with Gasteiger partial charge in [0.05, 0.1) is 0 Å². The van der Waals surface area contributed by atoms with Crippen molar-refractivity contribution in [2.45, 2.75) is 25.8 Å². The largest absolute Gasteiger partial charge is 0.351 e. The van der Waals surface area contributed by atoms with E-state index in [1.54, 1.807) is 6.07 Å². The highest BCUT2D eigenvalue weighted by atomic mass is 16.2. The third-order valence-electron chi connectivity index (χ3n) is 2.50. The van der Waals surface area contributed by atoms with Crippen LogP contribution in [0.15, 0.2) is 18.3 Å². The number of hydrogen-bond acceptors (Lipinski definition) is 3. The van der Waals surface area contributed by atoms with Crippen molar-refractivity contribution in [2.75, 3.05) is 6.54 Å². The first kappa shape index (κ1) is 11.6. The number of amides is 2. The second-order valence-electron chi connectivity index (χ2n) is 4.04. The van der Waals surface area contributed by atoms with Crippen LogP contribution in [0.3, 0.4) is 0 Å². The SMILES string of the molecule is CCNC(=O)c1cc(C(=O)NC2CC2)ccn1.